The summed E-state index contributed by atoms with van der Waals surface area (Å²) < 4.78 is 19.0. The Morgan fingerprint density at radius 1 is 1.07 bits per heavy atom. The summed E-state index contributed by atoms with van der Waals surface area (Å²) in [6.07, 6.45) is 3.03. The number of halogens is 1. The van der Waals surface area contributed by atoms with E-state index in [1.807, 2.05) is 0 Å². The molecule has 0 radical (unpaired) electrons. The van der Waals surface area contributed by atoms with Crippen molar-refractivity contribution in [1.29, 1.82) is 0 Å². The summed E-state index contributed by atoms with van der Waals surface area (Å²) in [5.74, 6) is -0.795. The Morgan fingerprint density at radius 2 is 1.97 bits per heavy atom. The van der Waals surface area contributed by atoms with Gasteiger partial charge in [-0.2, -0.15) is 0 Å². The number of rotatable bonds is 6. The fraction of sp³-hybridized carbons (Fsp3) is 0.0476. The van der Waals surface area contributed by atoms with E-state index in [1.54, 1.807) is 42.0 Å². The topological polar surface area (TPSA) is 97.1 Å². The lowest BCUT2D eigenvalue weighted by atomic mass is 10.2. The van der Waals surface area contributed by atoms with E-state index in [-0.39, 0.29) is 23.5 Å². The number of nitrogens with one attached hydrogen (secondary N) is 2. The van der Waals surface area contributed by atoms with Crippen LogP contribution >= 0.6 is 11.3 Å². The Balaban J connectivity index is 1.46. The van der Waals surface area contributed by atoms with Crippen molar-refractivity contribution in [2.45, 2.75) is 6.42 Å². The zero-order valence-electron chi connectivity index (χ0n) is 15.5. The Hall–Kier alpha value is -3.85. The molecule has 0 saturated heterocycles. The minimum atomic E-state index is -0.546. The number of carbonyl (C=O) groups excluding carboxylic acids is 2. The highest BCUT2D eigenvalue weighted by Crippen LogP contribution is 2.26. The molecule has 0 aliphatic heterocycles. The third-order valence-corrected chi connectivity index (χ3v) is 4.93. The second kappa shape index (κ2) is 8.66. The second-order valence-electron chi connectivity index (χ2n) is 6.21. The molecule has 2 amide bonds. The van der Waals surface area contributed by atoms with E-state index in [4.69, 9.17) is 4.42 Å². The highest BCUT2D eigenvalue weighted by Gasteiger charge is 2.15. The van der Waals surface area contributed by atoms with Crippen molar-refractivity contribution in [3.05, 3.63) is 83.6 Å². The quantitative estimate of drug-likeness (QED) is 0.481. The monoisotopic (exact) mass is 422 g/mol. The summed E-state index contributed by atoms with van der Waals surface area (Å²) in [4.78, 5) is 33.2. The maximum atomic E-state index is 13.7. The number of thiazole rings is 1. The molecule has 0 spiro atoms. The lowest BCUT2D eigenvalue weighted by molar-refractivity contribution is -0.115. The van der Waals surface area contributed by atoms with Crippen molar-refractivity contribution in [1.82, 2.24) is 9.97 Å². The number of aromatic nitrogens is 2. The normalized spacial score (nSPS) is 10.6. The minimum Gasteiger partial charge on any atom is -0.462 e. The van der Waals surface area contributed by atoms with Crippen LogP contribution in [-0.2, 0) is 11.2 Å². The first-order chi connectivity index (χ1) is 14.6. The van der Waals surface area contributed by atoms with Gasteiger partial charge in [0.05, 0.1) is 29.8 Å². The number of carbonyl (C=O) groups is 2. The molecule has 2 N–H and O–H groups in total. The van der Waals surface area contributed by atoms with Gasteiger partial charge in [0.1, 0.15) is 11.5 Å². The van der Waals surface area contributed by atoms with Gasteiger partial charge >= 0.3 is 0 Å². The van der Waals surface area contributed by atoms with Gasteiger partial charge in [-0.25, -0.2) is 9.37 Å². The van der Waals surface area contributed by atoms with Gasteiger partial charge in [-0.15, -0.1) is 11.3 Å². The first-order valence-electron chi connectivity index (χ1n) is 8.88. The van der Waals surface area contributed by atoms with Crippen molar-refractivity contribution in [2.24, 2.45) is 0 Å². The summed E-state index contributed by atoms with van der Waals surface area (Å²) in [7, 11) is 0. The smallest absolute Gasteiger partial charge is 0.274 e. The third-order valence-electron chi connectivity index (χ3n) is 4.03. The van der Waals surface area contributed by atoms with Gasteiger partial charge in [0.15, 0.2) is 10.8 Å². The molecular formula is C21H15FN4O3S. The lowest BCUT2D eigenvalue weighted by Gasteiger charge is -2.12. The molecule has 1 aromatic carbocycles. The predicted molar refractivity (Wildman–Crippen MR) is 111 cm³/mol. The van der Waals surface area contributed by atoms with Gasteiger partial charge in [0.2, 0.25) is 5.91 Å². The Bertz CT molecular complexity index is 1180. The number of pyridine rings is 1. The molecule has 0 fully saturated rings. The zero-order valence-corrected chi connectivity index (χ0v) is 16.3. The van der Waals surface area contributed by atoms with Gasteiger partial charge in [-0.3, -0.25) is 14.6 Å². The summed E-state index contributed by atoms with van der Waals surface area (Å²) >= 11 is 1.36. The van der Waals surface area contributed by atoms with Crippen molar-refractivity contribution in [3.63, 3.8) is 0 Å². The van der Waals surface area contributed by atoms with Crippen LogP contribution in [0.5, 0.6) is 0 Å². The summed E-state index contributed by atoms with van der Waals surface area (Å²) in [6, 6.07) is 12.2. The van der Waals surface area contributed by atoms with Crippen LogP contribution in [0.2, 0.25) is 0 Å². The van der Waals surface area contributed by atoms with E-state index >= 15 is 0 Å². The number of nitrogens with zero attached hydrogens (tertiary/aromatic N) is 2. The first-order valence-corrected chi connectivity index (χ1v) is 9.76. The van der Waals surface area contributed by atoms with E-state index in [2.05, 4.69) is 20.6 Å². The van der Waals surface area contributed by atoms with Gasteiger partial charge in [0.25, 0.3) is 5.91 Å². The van der Waals surface area contributed by atoms with Crippen LogP contribution < -0.4 is 10.6 Å². The molecule has 0 atom stereocenters. The van der Waals surface area contributed by atoms with Gasteiger partial charge in [-0.05, 0) is 42.5 Å². The number of hydrogen-bond donors (Lipinski definition) is 2. The third kappa shape index (κ3) is 4.58. The Morgan fingerprint density at radius 3 is 2.73 bits per heavy atom. The minimum absolute atomic E-state index is 0.0126. The van der Waals surface area contributed by atoms with Crippen molar-refractivity contribution < 1.29 is 18.4 Å². The summed E-state index contributed by atoms with van der Waals surface area (Å²) in [6.45, 7) is 0. The molecule has 150 valence electrons. The fourth-order valence-corrected chi connectivity index (χ4v) is 3.46. The van der Waals surface area contributed by atoms with E-state index in [9.17, 15) is 14.0 Å². The molecular weight excluding hydrogens is 407 g/mol. The molecule has 0 saturated carbocycles. The highest BCUT2D eigenvalue weighted by molar-refractivity contribution is 7.13. The van der Waals surface area contributed by atoms with Gasteiger partial charge in [-0.1, -0.05) is 6.07 Å². The zero-order chi connectivity index (χ0) is 20.9. The molecule has 4 rings (SSSR count). The molecule has 0 bridgehead atoms. The van der Waals surface area contributed by atoms with Crippen LogP contribution in [0.4, 0.5) is 15.8 Å². The molecule has 0 unspecified atom stereocenters. The maximum absolute atomic E-state index is 13.7. The molecule has 9 heteroatoms. The van der Waals surface area contributed by atoms with E-state index < -0.39 is 17.6 Å². The van der Waals surface area contributed by atoms with Crippen molar-refractivity contribution in [2.75, 3.05) is 10.6 Å². The summed E-state index contributed by atoms with van der Waals surface area (Å²) in [5, 5.41) is 7.69. The number of hydrogen-bond acceptors (Lipinski definition) is 6. The molecule has 0 aliphatic carbocycles. The van der Waals surface area contributed by atoms with Crippen molar-refractivity contribution >= 4 is 34.5 Å². The van der Waals surface area contributed by atoms with Crippen LogP contribution in [0.25, 0.3) is 10.8 Å². The van der Waals surface area contributed by atoms with Crippen LogP contribution in [0.1, 0.15) is 16.2 Å². The molecule has 3 aromatic heterocycles. The first kappa shape index (κ1) is 19.5. The van der Waals surface area contributed by atoms with Crippen LogP contribution in [0.15, 0.2) is 70.8 Å². The average Bonchev–Trinajstić information content (AvgIpc) is 3.42. The molecule has 0 aliphatic rings. The van der Waals surface area contributed by atoms with E-state index in [0.29, 0.717) is 16.5 Å². The van der Waals surface area contributed by atoms with E-state index in [0.717, 1.165) is 6.07 Å². The average molecular weight is 422 g/mol. The van der Waals surface area contributed by atoms with Gasteiger partial charge < -0.3 is 15.1 Å². The highest BCUT2D eigenvalue weighted by atomic mass is 32.1. The second-order valence-corrected chi connectivity index (χ2v) is 7.06. The SMILES string of the molecule is O=C(Cc1csc(-c2ccco2)n1)Nc1cc(F)ccc1NC(=O)c1ccccn1. The molecule has 3 heterocycles. The van der Waals surface area contributed by atoms with Crippen LogP contribution in [0.3, 0.4) is 0 Å². The Kier molecular flexibility index (Phi) is 5.62. The number of benzene rings is 1. The standard InChI is InChI=1S/C21H15FN4O3S/c22-13-6-7-15(26-20(28)16-4-1-2-8-23-16)17(10-13)25-19(27)11-14-12-30-21(24-14)18-5-3-9-29-18/h1-10,12H,11H2,(H,25,27)(H,26,28). The van der Waals surface area contributed by atoms with Crippen LogP contribution in [-0.4, -0.2) is 21.8 Å². The predicted octanol–water partition coefficient (Wildman–Crippen LogP) is 4.37. The van der Waals surface area contributed by atoms with Crippen LogP contribution in [0, 0.1) is 5.82 Å². The van der Waals surface area contributed by atoms with Crippen molar-refractivity contribution in [3.8, 4) is 10.8 Å². The molecule has 4 aromatic rings. The molecule has 7 nitrogen and oxygen atoms in total. The maximum Gasteiger partial charge on any atom is 0.274 e. The Labute approximate surface area is 174 Å². The number of furan rings is 1. The van der Waals surface area contributed by atoms with E-state index in [1.165, 1.54) is 29.7 Å². The number of amides is 2. The number of anilines is 2. The lowest BCUT2D eigenvalue weighted by Crippen LogP contribution is -2.18. The summed E-state index contributed by atoms with van der Waals surface area (Å²) in [5.41, 5.74) is 1.16. The van der Waals surface area contributed by atoms with Gasteiger partial charge in [0, 0.05) is 11.6 Å². The largest absolute Gasteiger partial charge is 0.462 e. The fourth-order valence-electron chi connectivity index (χ4n) is 2.67. The molecule has 30 heavy (non-hydrogen) atoms.